The van der Waals surface area contributed by atoms with Gasteiger partial charge in [-0.2, -0.15) is 0 Å². The van der Waals surface area contributed by atoms with Crippen LogP contribution in [0.5, 0.6) is 0 Å². The van der Waals surface area contributed by atoms with Crippen LogP contribution in [0.25, 0.3) is 0 Å². The number of hydrogen-bond donors (Lipinski definition) is 3. The number of rotatable bonds is 4. The van der Waals surface area contributed by atoms with Gasteiger partial charge >= 0.3 is 17.9 Å². The Morgan fingerprint density at radius 2 is 1.61 bits per heavy atom. The molecule has 0 heterocycles. The Bertz CT molecular complexity index is 1050. The predicted octanol–water partition coefficient (Wildman–Crippen LogP) is 0.981. The number of hydrogen-bond acceptors (Lipinski definition) is 10. The van der Waals surface area contributed by atoms with Gasteiger partial charge in [0.2, 0.25) is 0 Å². The van der Waals surface area contributed by atoms with Crippen LogP contribution in [0.1, 0.15) is 67.2 Å². The van der Waals surface area contributed by atoms with Crippen LogP contribution in [0.4, 0.5) is 0 Å². The molecule has 0 amide bonds. The van der Waals surface area contributed by atoms with Gasteiger partial charge in [0, 0.05) is 56.0 Å². The molecule has 3 N–H and O–H groups in total. The number of ketones is 1. The molecule has 2 bridgehead atoms. The lowest BCUT2D eigenvalue weighted by Gasteiger charge is -2.59. The van der Waals surface area contributed by atoms with E-state index in [0.29, 0.717) is 12.0 Å². The predicted molar refractivity (Wildman–Crippen MR) is 123 cm³/mol. The molecule has 10 heteroatoms. The van der Waals surface area contributed by atoms with E-state index >= 15 is 0 Å². The number of carbonyl (C=O) groups excluding carboxylic acids is 4. The lowest BCUT2D eigenvalue weighted by Crippen LogP contribution is -2.69. The largest absolute Gasteiger partial charge is 0.459 e. The molecule has 4 aliphatic carbocycles. The van der Waals surface area contributed by atoms with E-state index in [-0.39, 0.29) is 24.8 Å². The van der Waals surface area contributed by atoms with Gasteiger partial charge in [0.05, 0.1) is 6.10 Å². The SMILES string of the molecule is CC(=O)O[C@@H]1C2=C(C)C(=O)C[C@@](O)([C@@H](OC(C)=O)[C@@]34C[C@]3(CC[C@H](O)[C@H]4CO)[C@H]1OC(C)=O)C2(C)C. The summed E-state index contributed by atoms with van der Waals surface area (Å²) >= 11 is 0. The topological polar surface area (TPSA) is 157 Å². The van der Waals surface area contributed by atoms with Crippen molar-refractivity contribution in [2.45, 2.75) is 97.2 Å². The monoisotopic (exact) mass is 508 g/mol. The average molecular weight is 509 g/mol. The summed E-state index contributed by atoms with van der Waals surface area (Å²) in [5, 5.41) is 33.9. The number of fused-ring (bicyclic) bond motifs is 2. The quantitative estimate of drug-likeness (QED) is 0.369. The van der Waals surface area contributed by atoms with Gasteiger partial charge < -0.3 is 29.5 Å². The molecule has 4 rings (SSSR count). The molecule has 0 radical (unpaired) electrons. The van der Waals surface area contributed by atoms with E-state index in [1.165, 1.54) is 20.8 Å². The summed E-state index contributed by atoms with van der Waals surface area (Å²) < 4.78 is 17.5. The van der Waals surface area contributed by atoms with Crippen molar-refractivity contribution in [1.29, 1.82) is 0 Å². The minimum absolute atomic E-state index is 0.217. The van der Waals surface area contributed by atoms with Crippen molar-refractivity contribution in [2.24, 2.45) is 22.2 Å². The van der Waals surface area contributed by atoms with Crippen molar-refractivity contribution in [1.82, 2.24) is 0 Å². The number of aliphatic hydroxyl groups is 3. The van der Waals surface area contributed by atoms with Crippen molar-refractivity contribution < 1.29 is 48.7 Å². The van der Waals surface area contributed by atoms with Crippen LogP contribution in [0.2, 0.25) is 0 Å². The highest BCUT2D eigenvalue weighted by Gasteiger charge is 2.86. The fraction of sp³-hybridized carbons (Fsp3) is 0.769. The van der Waals surface area contributed by atoms with Crippen molar-refractivity contribution in [2.75, 3.05) is 6.61 Å². The zero-order chi connectivity index (χ0) is 27.0. The highest BCUT2D eigenvalue weighted by atomic mass is 16.6. The molecule has 0 aromatic rings. The molecule has 36 heavy (non-hydrogen) atoms. The molecule has 3 saturated carbocycles. The highest BCUT2D eigenvalue weighted by molar-refractivity contribution is 5.98. The summed E-state index contributed by atoms with van der Waals surface area (Å²) in [5.41, 5.74) is -4.91. The highest BCUT2D eigenvalue weighted by Crippen LogP contribution is 2.81. The van der Waals surface area contributed by atoms with E-state index in [1.54, 1.807) is 20.8 Å². The summed E-state index contributed by atoms with van der Waals surface area (Å²) in [6, 6.07) is 0. The molecule has 0 unspecified atom stereocenters. The molecule has 4 aliphatic rings. The summed E-state index contributed by atoms with van der Waals surface area (Å²) in [6.07, 6.45) is -4.20. The summed E-state index contributed by atoms with van der Waals surface area (Å²) in [7, 11) is 0. The third-order valence-electron chi connectivity index (χ3n) is 9.50. The lowest BCUT2D eigenvalue weighted by molar-refractivity contribution is -0.239. The second-order valence-electron chi connectivity index (χ2n) is 11.5. The summed E-state index contributed by atoms with van der Waals surface area (Å²) in [5.74, 6) is -3.28. The van der Waals surface area contributed by atoms with Gasteiger partial charge in [0.15, 0.2) is 11.9 Å². The summed E-state index contributed by atoms with van der Waals surface area (Å²) in [4.78, 5) is 50.6. The van der Waals surface area contributed by atoms with E-state index in [2.05, 4.69) is 0 Å². The zero-order valence-corrected chi connectivity index (χ0v) is 21.6. The maximum atomic E-state index is 13.3. The van der Waals surface area contributed by atoms with E-state index in [9.17, 15) is 34.5 Å². The maximum absolute atomic E-state index is 13.3. The minimum Gasteiger partial charge on any atom is -0.459 e. The number of aliphatic hydroxyl groups excluding tert-OH is 2. The van der Waals surface area contributed by atoms with Gasteiger partial charge in [-0.3, -0.25) is 19.2 Å². The Hall–Kier alpha value is -2.30. The Morgan fingerprint density at radius 3 is 2.14 bits per heavy atom. The van der Waals surface area contributed by atoms with Crippen LogP contribution in [-0.4, -0.2) is 75.6 Å². The normalized spacial score (nSPS) is 42.8. The van der Waals surface area contributed by atoms with Gasteiger partial charge in [-0.25, -0.2) is 0 Å². The third kappa shape index (κ3) is 3.33. The van der Waals surface area contributed by atoms with Gasteiger partial charge in [-0.15, -0.1) is 0 Å². The second-order valence-corrected chi connectivity index (χ2v) is 11.5. The van der Waals surface area contributed by atoms with Gasteiger partial charge in [-0.1, -0.05) is 13.8 Å². The molecule has 0 saturated heterocycles. The molecule has 200 valence electrons. The van der Waals surface area contributed by atoms with Crippen molar-refractivity contribution in [3.63, 3.8) is 0 Å². The average Bonchev–Trinajstić information content (AvgIpc) is 3.43. The minimum atomic E-state index is -1.96. The Kier molecular flexibility index (Phi) is 6.21. The van der Waals surface area contributed by atoms with Crippen LogP contribution in [0.3, 0.4) is 0 Å². The fourth-order valence-electron chi connectivity index (χ4n) is 7.92. The van der Waals surface area contributed by atoms with E-state index in [4.69, 9.17) is 14.2 Å². The molecular formula is C26H36O10. The van der Waals surface area contributed by atoms with Gasteiger partial charge in [0.25, 0.3) is 0 Å². The third-order valence-corrected chi connectivity index (χ3v) is 9.50. The van der Waals surface area contributed by atoms with E-state index in [0.717, 1.165) is 0 Å². The number of carbonyl (C=O) groups is 4. The molecule has 0 aliphatic heterocycles. The molecule has 3 fully saturated rings. The molecule has 10 nitrogen and oxygen atoms in total. The van der Waals surface area contributed by atoms with Crippen LogP contribution in [0.15, 0.2) is 11.1 Å². The first-order chi connectivity index (χ1) is 16.6. The summed E-state index contributed by atoms with van der Waals surface area (Å²) in [6.45, 7) is 8.08. The number of allylic oxidation sites excluding steroid dienone is 1. The van der Waals surface area contributed by atoms with Crippen LogP contribution < -0.4 is 0 Å². The smallest absolute Gasteiger partial charge is 0.303 e. The number of esters is 3. The fourth-order valence-corrected chi connectivity index (χ4v) is 7.92. The standard InChI is InChI=1S/C26H36O10/c1-12-18(32)9-26(33)22(36-15(4)30)25-11-24(25,8-7-17(31)16(25)10-27)21(35-14(3)29)20(34-13(2)28)19(12)23(26,5)6/h16-17,20-22,27,31,33H,7-11H2,1-6H3/t16-,17+,20-,21+,22+,24-,25+,26-/m1/s1. The van der Waals surface area contributed by atoms with Gasteiger partial charge in [-0.05, 0) is 37.3 Å². The van der Waals surface area contributed by atoms with Crippen LogP contribution in [0, 0.1) is 22.2 Å². The van der Waals surface area contributed by atoms with Crippen molar-refractivity contribution >= 4 is 23.7 Å². The van der Waals surface area contributed by atoms with Crippen molar-refractivity contribution in [3.05, 3.63) is 11.1 Å². The first-order valence-electron chi connectivity index (χ1n) is 12.4. The number of Topliss-reactive ketones (excluding diaryl/α,β-unsaturated/α-hetero) is 1. The maximum Gasteiger partial charge on any atom is 0.303 e. The Balaban J connectivity index is 2.11. The van der Waals surface area contributed by atoms with Gasteiger partial charge in [0.1, 0.15) is 17.8 Å². The lowest BCUT2D eigenvalue weighted by atomic mass is 9.50. The van der Waals surface area contributed by atoms with E-state index in [1.807, 2.05) is 0 Å². The molecular weight excluding hydrogens is 472 g/mol. The second kappa shape index (κ2) is 8.36. The van der Waals surface area contributed by atoms with Crippen molar-refractivity contribution in [3.8, 4) is 0 Å². The molecule has 0 aromatic heterocycles. The first-order valence-corrected chi connectivity index (χ1v) is 12.4. The molecule has 0 aromatic carbocycles. The van der Waals surface area contributed by atoms with Crippen LogP contribution in [-0.2, 0) is 33.4 Å². The first kappa shape index (κ1) is 26.8. The Labute approximate surface area is 210 Å². The molecule has 0 spiro atoms. The Morgan fingerprint density at radius 1 is 1.03 bits per heavy atom. The number of ether oxygens (including phenoxy) is 3. The molecule has 8 atom stereocenters. The zero-order valence-electron chi connectivity index (χ0n) is 21.6. The van der Waals surface area contributed by atoms with Crippen LogP contribution >= 0.6 is 0 Å². The van der Waals surface area contributed by atoms with E-state index < -0.39 is 82.5 Å².